The van der Waals surface area contributed by atoms with E-state index < -0.39 is 12.1 Å². The van der Waals surface area contributed by atoms with Crippen LogP contribution in [0.15, 0.2) is 17.5 Å². The molecule has 0 saturated heterocycles. The minimum Gasteiger partial charge on any atom is -0.460 e. The van der Waals surface area contributed by atoms with E-state index in [1.54, 1.807) is 6.07 Å². The van der Waals surface area contributed by atoms with Gasteiger partial charge in [-0.2, -0.15) is 0 Å². The van der Waals surface area contributed by atoms with E-state index in [1.165, 1.54) is 11.3 Å². The second-order valence-electron chi connectivity index (χ2n) is 3.76. The highest BCUT2D eigenvalue weighted by Gasteiger charge is 2.25. The summed E-state index contributed by atoms with van der Waals surface area (Å²) in [7, 11) is 0. The Labute approximate surface area is 92.7 Å². The number of aliphatic hydroxyl groups excluding tert-OH is 1. The van der Waals surface area contributed by atoms with Gasteiger partial charge in [-0.05, 0) is 37.1 Å². The SMILES string of the molecule is O=C(OC1CCCC1)[C@H](O)c1cccs1. The molecule has 0 unspecified atom stereocenters. The molecule has 15 heavy (non-hydrogen) atoms. The molecule has 2 rings (SSSR count). The maximum absolute atomic E-state index is 11.5. The summed E-state index contributed by atoms with van der Waals surface area (Å²) >= 11 is 1.37. The fourth-order valence-corrected chi connectivity index (χ4v) is 2.49. The van der Waals surface area contributed by atoms with Crippen LogP contribution in [0.4, 0.5) is 0 Å². The predicted molar refractivity (Wildman–Crippen MR) is 57.6 cm³/mol. The molecule has 1 aliphatic rings. The van der Waals surface area contributed by atoms with E-state index in [4.69, 9.17) is 4.74 Å². The van der Waals surface area contributed by atoms with Crippen molar-refractivity contribution < 1.29 is 14.6 Å². The standard InChI is InChI=1S/C11H14O3S/c12-10(9-6-3-7-15-9)11(13)14-8-4-1-2-5-8/h3,6-8,10,12H,1-2,4-5H2/t10-/m1/s1. The third-order valence-corrected chi connectivity index (χ3v) is 3.55. The fourth-order valence-electron chi connectivity index (χ4n) is 1.80. The van der Waals surface area contributed by atoms with Crippen LogP contribution in [0.3, 0.4) is 0 Å². The summed E-state index contributed by atoms with van der Waals surface area (Å²) in [5.41, 5.74) is 0. The van der Waals surface area contributed by atoms with Crippen molar-refractivity contribution in [2.24, 2.45) is 0 Å². The van der Waals surface area contributed by atoms with Gasteiger partial charge in [0, 0.05) is 4.88 Å². The zero-order valence-corrected chi connectivity index (χ0v) is 9.20. The van der Waals surface area contributed by atoms with Crippen LogP contribution in [-0.2, 0) is 9.53 Å². The number of ether oxygens (including phenoxy) is 1. The number of thiophene rings is 1. The highest BCUT2D eigenvalue weighted by atomic mass is 32.1. The van der Waals surface area contributed by atoms with Crippen LogP contribution in [0, 0.1) is 0 Å². The second-order valence-corrected chi connectivity index (χ2v) is 4.74. The Morgan fingerprint density at radius 2 is 2.27 bits per heavy atom. The summed E-state index contributed by atoms with van der Waals surface area (Å²) in [6, 6.07) is 3.55. The molecule has 1 aromatic rings. The fraction of sp³-hybridized carbons (Fsp3) is 0.545. The van der Waals surface area contributed by atoms with Gasteiger partial charge in [0.25, 0.3) is 0 Å². The smallest absolute Gasteiger partial charge is 0.340 e. The van der Waals surface area contributed by atoms with Crippen molar-refractivity contribution >= 4 is 17.3 Å². The molecular weight excluding hydrogens is 212 g/mol. The molecule has 0 radical (unpaired) electrons. The molecule has 0 aliphatic heterocycles. The van der Waals surface area contributed by atoms with Crippen molar-refractivity contribution in [2.75, 3.05) is 0 Å². The molecule has 0 aromatic carbocycles. The van der Waals surface area contributed by atoms with Crippen LogP contribution < -0.4 is 0 Å². The van der Waals surface area contributed by atoms with Gasteiger partial charge in [-0.1, -0.05) is 6.07 Å². The summed E-state index contributed by atoms with van der Waals surface area (Å²) in [5, 5.41) is 11.5. The lowest BCUT2D eigenvalue weighted by Crippen LogP contribution is -2.20. The molecule has 3 nitrogen and oxygen atoms in total. The van der Waals surface area contributed by atoms with Crippen molar-refractivity contribution in [1.29, 1.82) is 0 Å². The Morgan fingerprint density at radius 1 is 1.53 bits per heavy atom. The highest BCUT2D eigenvalue weighted by molar-refractivity contribution is 7.10. The van der Waals surface area contributed by atoms with Crippen LogP contribution >= 0.6 is 11.3 Å². The van der Waals surface area contributed by atoms with Gasteiger partial charge in [0.2, 0.25) is 0 Å². The van der Waals surface area contributed by atoms with Gasteiger partial charge < -0.3 is 9.84 Å². The number of aliphatic hydroxyl groups is 1. The maximum Gasteiger partial charge on any atom is 0.340 e. The van der Waals surface area contributed by atoms with Crippen LogP contribution in [0.5, 0.6) is 0 Å². The van der Waals surface area contributed by atoms with Crippen LogP contribution in [0.1, 0.15) is 36.7 Å². The monoisotopic (exact) mass is 226 g/mol. The van der Waals surface area contributed by atoms with Crippen molar-refractivity contribution in [3.8, 4) is 0 Å². The highest BCUT2D eigenvalue weighted by Crippen LogP contribution is 2.25. The van der Waals surface area contributed by atoms with Crippen molar-refractivity contribution in [2.45, 2.75) is 37.9 Å². The Bertz CT molecular complexity index is 315. The summed E-state index contributed by atoms with van der Waals surface area (Å²) in [6.45, 7) is 0. The molecule has 1 fully saturated rings. The minimum absolute atomic E-state index is 0.0205. The first-order valence-corrected chi connectivity index (χ1v) is 6.07. The number of rotatable bonds is 3. The molecule has 1 N–H and O–H groups in total. The Kier molecular flexibility index (Phi) is 3.38. The van der Waals surface area contributed by atoms with E-state index in [-0.39, 0.29) is 6.10 Å². The van der Waals surface area contributed by atoms with E-state index in [0.29, 0.717) is 4.88 Å². The Morgan fingerprint density at radius 3 is 2.87 bits per heavy atom. The third kappa shape index (κ3) is 2.58. The van der Waals surface area contributed by atoms with E-state index in [0.717, 1.165) is 25.7 Å². The number of hydrogen-bond acceptors (Lipinski definition) is 4. The normalized spacial score (nSPS) is 19.0. The predicted octanol–water partition coefficient (Wildman–Crippen LogP) is 2.27. The van der Waals surface area contributed by atoms with E-state index in [9.17, 15) is 9.90 Å². The average Bonchev–Trinajstić information content (AvgIpc) is 2.88. The third-order valence-electron chi connectivity index (χ3n) is 2.62. The first-order valence-electron chi connectivity index (χ1n) is 5.19. The van der Waals surface area contributed by atoms with Gasteiger partial charge in [-0.3, -0.25) is 0 Å². The largest absolute Gasteiger partial charge is 0.460 e. The average molecular weight is 226 g/mol. The molecule has 1 aromatic heterocycles. The molecule has 4 heteroatoms. The van der Waals surface area contributed by atoms with Crippen molar-refractivity contribution in [3.63, 3.8) is 0 Å². The van der Waals surface area contributed by atoms with Crippen molar-refractivity contribution in [1.82, 2.24) is 0 Å². The number of carbonyl (C=O) groups excluding carboxylic acids is 1. The summed E-state index contributed by atoms with van der Waals surface area (Å²) in [5.74, 6) is -0.510. The van der Waals surface area contributed by atoms with Crippen LogP contribution in [-0.4, -0.2) is 17.2 Å². The summed E-state index contributed by atoms with van der Waals surface area (Å²) < 4.78 is 5.21. The molecule has 1 saturated carbocycles. The number of esters is 1. The molecule has 0 spiro atoms. The first-order chi connectivity index (χ1) is 7.27. The summed E-state index contributed by atoms with van der Waals surface area (Å²) in [6.07, 6.45) is 3.02. The lowest BCUT2D eigenvalue weighted by molar-refractivity contribution is -0.159. The van der Waals surface area contributed by atoms with Gasteiger partial charge in [0.1, 0.15) is 6.10 Å². The minimum atomic E-state index is -1.11. The van der Waals surface area contributed by atoms with Crippen LogP contribution in [0.25, 0.3) is 0 Å². The molecule has 1 heterocycles. The second kappa shape index (κ2) is 4.77. The molecule has 0 bridgehead atoms. The van der Waals surface area contributed by atoms with Gasteiger partial charge >= 0.3 is 5.97 Å². The Hall–Kier alpha value is -0.870. The van der Waals surface area contributed by atoms with Crippen LogP contribution in [0.2, 0.25) is 0 Å². The van der Waals surface area contributed by atoms with Gasteiger partial charge in [-0.25, -0.2) is 4.79 Å². The zero-order valence-electron chi connectivity index (χ0n) is 8.39. The van der Waals surface area contributed by atoms with E-state index in [2.05, 4.69) is 0 Å². The van der Waals surface area contributed by atoms with Crippen molar-refractivity contribution in [3.05, 3.63) is 22.4 Å². The maximum atomic E-state index is 11.5. The van der Waals surface area contributed by atoms with E-state index >= 15 is 0 Å². The Balaban J connectivity index is 1.90. The lowest BCUT2D eigenvalue weighted by Gasteiger charge is -2.14. The quantitative estimate of drug-likeness (QED) is 0.804. The van der Waals surface area contributed by atoms with E-state index in [1.807, 2.05) is 11.4 Å². The lowest BCUT2D eigenvalue weighted by atomic mass is 10.3. The number of hydrogen-bond donors (Lipinski definition) is 1. The topological polar surface area (TPSA) is 46.5 Å². The molecule has 0 amide bonds. The molecule has 1 aliphatic carbocycles. The molecule has 82 valence electrons. The van der Waals surface area contributed by atoms with Gasteiger partial charge in [-0.15, -0.1) is 11.3 Å². The first kappa shape index (κ1) is 10.6. The zero-order chi connectivity index (χ0) is 10.7. The van der Waals surface area contributed by atoms with Gasteiger partial charge in [0.15, 0.2) is 6.10 Å². The molecular formula is C11H14O3S. The van der Waals surface area contributed by atoms with Gasteiger partial charge in [0.05, 0.1) is 0 Å². The number of carbonyl (C=O) groups is 1. The molecule has 1 atom stereocenters. The summed E-state index contributed by atoms with van der Waals surface area (Å²) in [4.78, 5) is 12.2.